The van der Waals surface area contributed by atoms with Crippen molar-refractivity contribution in [2.45, 2.75) is 18.4 Å². The molecule has 0 amide bonds. The minimum Gasteiger partial charge on any atom is -1.00 e. The van der Waals surface area contributed by atoms with Crippen LogP contribution in [-0.2, 0) is 13.6 Å². The average molecular weight is 518 g/mol. The highest BCUT2D eigenvalue weighted by atomic mass is 35.5. The van der Waals surface area contributed by atoms with Gasteiger partial charge in [0.25, 0.3) is 16.1 Å². The number of anilines is 1. The number of rotatable bonds is 3. The molecule has 2 aromatic carbocycles. The summed E-state index contributed by atoms with van der Waals surface area (Å²) in [4.78, 5) is 16.4. The van der Waals surface area contributed by atoms with Gasteiger partial charge in [0.2, 0.25) is 0 Å². The van der Waals surface area contributed by atoms with Crippen LogP contribution in [0.15, 0.2) is 63.3 Å². The summed E-state index contributed by atoms with van der Waals surface area (Å²) >= 11 is 4.69. The van der Waals surface area contributed by atoms with Gasteiger partial charge in [0.15, 0.2) is 5.82 Å². The van der Waals surface area contributed by atoms with Crippen molar-refractivity contribution in [3.05, 3.63) is 83.9 Å². The average Bonchev–Trinajstić information content (AvgIpc) is 3.39. The van der Waals surface area contributed by atoms with E-state index in [2.05, 4.69) is 17.0 Å². The lowest BCUT2D eigenvalue weighted by Crippen LogP contribution is -3.00. The maximum absolute atomic E-state index is 14.3. The van der Waals surface area contributed by atoms with Crippen LogP contribution in [0.2, 0.25) is 0 Å². The second-order valence-electron chi connectivity index (χ2n) is 7.38. The van der Waals surface area contributed by atoms with Crippen LogP contribution in [0, 0.1) is 5.82 Å². The number of aromatic nitrogens is 2. The third-order valence-corrected chi connectivity index (χ3v) is 8.89. The SMILES string of the molecule is CCn1c(=O)/c(=C/C=C2\Sc3ccccc3N2C)s/c1=C\c1sc2cccc(F)c2[n+]1C.[Cl-]. The van der Waals surface area contributed by atoms with Crippen molar-refractivity contribution in [3.8, 4) is 0 Å². The zero-order valence-electron chi connectivity index (χ0n) is 18.2. The second kappa shape index (κ2) is 9.46. The molecule has 0 saturated carbocycles. The maximum Gasteiger partial charge on any atom is 0.269 e. The van der Waals surface area contributed by atoms with E-state index < -0.39 is 0 Å². The zero-order valence-corrected chi connectivity index (χ0v) is 21.4. The highest BCUT2D eigenvalue weighted by Gasteiger charge is 2.21. The molecule has 33 heavy (non-hydrogen) atoms. The molecule has 0 fully saturated rings. The molecule has 0 spiro atoms. The van der Waals surface area contributed by atoms with Crippen molar-refractivity contribution < 1.29 is 21.4 Å². The van der Waals surface area contributed by atoms with Crippen LogP contribution < -0.4 is 36.6 Å². The first-order valence-electron chi connectivity index (χ1n) is 10.2. The maximum atomic E-state index is 14.3. The minimum atomic E-state index is -0.236. The number of halogens is 2. The first-order chi connectivity index (χ1) is 15.5. The van der Waals surface area contributed by atoms with E-state index in [1.807, 2.05) is 62.0 Å². The molecular formula is C24H21ClFN3OS3. The zero-order chi connectivity index (χ0) is 22.4. The molecule has 0 radical (unpaired) electrons. The summed E-state index contributed by atoms with van der Waals surface area (Å²) < 4.78 is 20.4. The Morgan fingerprint density at radius 1 is 1.09 bits per heavy atom. The number of nitrogens with zero attached hydrogens (tertiary/aromatic N) is 3. The molecule has 9 heteroatoms. The molecule has 170 valence electrons. The Hall–Kier alpha value is -2.39. The van der Waals surface area contributed by atoms with Gasteiger partial charge in [0, 0.05) is 18.5 Å². The highest BCUT2D eigenvalue weighted by Crippen LogP contribution is 2.44. The van der Waals surface area contributed by atoms with Crippen molar-refractivity contribution in [1.29, 1.82) is 0 Å². The number of para-hydroxylation sites is 2. The third kappa shape index (κ3) is 4.17. The number of hydrogen-bond acceptors (Lipinski definition) is 5. The molecule has 1 aliphatic rings. The van der Waals surface area contributed by atoms with Crippen LogP contribution in [0.25, 0.3) is 22.4 Å². The van der Waals surface area contributed by atoms with Gasteiger partial charge in [0.1, 0.15) is 16.4 Å². The van der Waals surface area contributed by atoms with E-state index in [1.54, 1.807) is 22.4 Å². The van der Waals surface area contributed by atoms with Crippen LogP contribution in [0.1, 0.15) is 11.9 Å². The Labute approximate surface area is 209 Å². The van der Waals surface area contributed by atoms with Gasteiger partial charge in [-0.15, -0.1) is 11.3 Å². The van der Waals surface area contributed by atoms with Gasteiger partial charge >= 0.3 is 0 Å². The molecule has 0 N–H and O–H groups in total. The van der Waals surface area contributed by atoms with Gasteiger partial charge < -0.3 is 17.3 Å². The molecule has 0 atom stereocenters. The summed E-state index contributed by atoms with van der Waals surface area (Å²) in [5.74, 6) is -0.236. The Morgan fingerprint density at radius 3 is 2.61 bits per heavy atom. The van der Waals surface area contributed by atoms with Gasteiger partial charge in [-0.25, -0.2) is 0 Å². The minimum absolute atomic E-state index is 0. The van der Waals surface area contributed by atoms with Crippen LogP contribution in [0.5, 0.6) is 0 Å². The van der Waals surface area contributed by atoms with Crippen LogP contribution in [0.3, 0.4) is 0 Å². The van der Waals surface area contributed by atoms with Gasteiger partial charge in [-0.05, 0) is 43.3 Å². The smallest absolute Gasteiger partial charge is 0.269 e. The van der Waals surface area contributed by atoms with Crippen molar-refractivity contribution >= 4 is 62.5 Å². The number of thioether (sulfide) groups is 1. The highest BCUT2D eigenvalue weighted by molar-refractivity contribution is 8.03. The first-order valence-corrected chi connectivity index (χ1v) is 12.6. The first kappa shape index (κ1) is 23.8. The molecule has 0 aliphatic carbocycles. The van der Waals surface area contributed by atoms with E-state index in [4.69, 9.17) is 0 Å². The molecule has 0 bridgehead atoms. The van der Waals surface area contributed by atoms with E-state index in [1.165, 1.54) is 39.3 Å². The predicted octanol–water partition coefficient (Wildman–Crippen LogP) is 0.805. The van der Waals surface area contributed by atoms with Crippen molar-refractivity contribution in [2.75, 3.05) is 11.9 Å². The summed E-state index contributed by atoms with van der Waals surface area (Å²) in [7, 11) is 3.90. The van der Waals surface area contributed by atoms with E-state index >= 15 is 0 Å². The molecule has 5 rings (SSSR count). The fourth-order valence-electron chi connectivity index (χ4n) is 3.80. The summed E-state index contributed by atoms with van der Waals surface area (Å²) in [6.07, 6.45) is 5.90. The predicted molar refractivity (Wildman–Crippen MR) is 133 cm³/mol. The Bertz CT molecular complexity index is 1570. The van der Waals surface area contributed by atoms with E-state index in [9.17, 15) is 9.18 Å². The number of hydrogen-bond donors (Lipinski definition) is 0. The molecule has 1 aliphatic heterocycles. The molecular weight excluding hydrogens is 497 g/mol. The molecule has 3 heterocycles. The van der Waals surface area contributed by atoms with Gasteiger partial charge in [-0.1, -0.05) is 41.3 Å². The van der Waals surface area contributed by atoms with Crippen molar-refractivity contribution in [1.82, 2.24) is 4.57 Å². The van der Waals surface area contributed by atoms with E-state index in [0.29, 0.717) is 16.6 Å². The monoisotopic (exact) mass is 517 g/mol. The van der Waals surface area contributed by atoms with E-state index in [0.717, 1.165) is 19.4 Å². The largest absolute Gasteiger partial charge is 1.00 e. The fourth-order valence-corrected chi connectivity index (χ4v) is 7.08. The fraction of sp³-hybridized carbons (Fsp3) is 0.167. The third-order valence-electron chi connectivity index (χ3n) is 5.48. The second-order valence-corrected chi connectivity index (χ2v) is 10.6. The number of aryl methyl sites for hydroxylation is 1. The summed E-state index contributed by atoms with van der Waals surface area (Å²) in [6.45, 7) is 2.55. The topological polar surface area (TPSA) is 29.1 Å². The Balaban J connectivity index is 0.00000259. The van der Waals surface area contributed by atoms with Gasteiger partial charge in [-0.3, -0.25) is 9.36 Å². The number of allylic oxidation sites excluding steroid dienone is 1. The van der Waals surface area contributed by atoms with Gasteiger partial charge in [-0.2, -0.15) is 8.96 Å². The van der Waals surface area contributed by atoms with Crippen molar-refractivity contribution in [3.63, 3.8) is 0 Å². The lowest BCUT2D eigenvalue weighted by atomic mass is 10.3. The van der Waals surface area contributed by atoms with Crippen LogP contribution in [-0.4, -0.2) is 11.6 Å². The molecule has 0 saturated heterocycles. The quantitative estimate of drug-likeness (QED) is 0.377. The van der Waals surface area contributed by atoms with Crippen LogP contribution >= 0.6 is 34.4 Å². The van der Waals surface area contributed by atoms with Crippen LogP contribution in [0.4, 0.5) is 10.1 Å². The summed E-state index contributed by atoms with van der Waals surface area (Å²) in [5.41, 5.74) is 1.76. The van der Waals surface area contributed by atoms with Gasteiger partial charge in [0.05, 0.1) is 21.3 Å². The van der Waals surface area contributed by atoms with E-state index in [-0.39, 0.29) is 23.8 Å². The summed E-state index contributed by atoms with van der Waals surface area (Å²) in [5, 5.41) is 1.99. The number of thiazole rings is 2. The Kier molecular flexibility index (Phi) is 6.81. The molecule has 4 nitrogen and oxygen atoms in total. The van der Waals surface area contributed by atoms with Crippen molar-refractivity contribution in [2.24, 2.45) is 7.05 Å². The number of fused-ring (bicyclic) bond motifs is 2. The number of benzene rings is 2. The lowest BCUT2D eigenvalue weighted by molar-refractivity contribution is -0.643. The Morgan fingerprint density at radius 2 is 1.88 bits per heavy atom. The molecule has 2 aromatic heterocycles. The molecule has 0 unspecified atom stereocenters. The molecule has 4 aromatic rings. The normalized spacial score (nSPS) is 15.5. The standard InChI is InChI=1S/C24H21FN3OS3.ClH/c1-4-28-22(14-21-27(3)23-15(25)8-7-11-18(23)31-21)32-19(24(28)29)12-13-20-26(2)16-9-5-6-10-17(16)30-20;/h5-14H,4H2,1-3H3;1H/q+1;/p-1/b19-12-,20-13-;. The summed E-state index contributed by atoms with van der Waals surface area (Å²) in [6, 6.07) is 13.4. The lowest BCUT2D eigenvalue weighted by Gasteiger charge is -2.12.